The van der Waals surface area contributed by atoms with Crippen molar-refractivity contribution in [2.45, 2.75) is 45.8 Å². The maximum absolute atomic E-state index is 15.1. The van der Waals surface area contributed by atoms with Crippen LogP contribution in [0.3, 0.4) is 0 Å². The van der Waals surface area contributed by atoms with Gasteiger partial charge in [0.05, 0.1) is 30.4 Å². The fourth-order valence-electron chi connectivity index (χ4n) is 3.82. The van der Waals surface area contributed by atoms with E-state index in [1.165, 1.54) is 19.2 Å². The van der Waals surface area contributed by atoms with Crippen molar-refractivity contribution in [1.29, 1.82) is 0 Å². The lowest BCUT2D eigenvalue weighted by Gasteiger charge is -2.36. The molecule has 0 bridgehead atoms. The number of piperazine rings is 1. The van der Waals surface area contributed by atoms with Crippen LogP contribution in [-0.4, -0.2) is 61.0 Å². The lowest BCUT2D eigenvalue weighted by Crippen LogP contribution is -2.46. The molecule has 0 aromatic heterocycles. The Labute approximate surface area is 176 Å². The van der Waals surface area contributed by atoms with E-state index in [1.807, 2.05) is 0 Å². The predicted octanol–water partition coefficient (Wildman–Crippen LogP) is 2.80. The number of nitrogen functional groups attached to an aromatic ring is 1. The van der Waals surface area contributed by atoms with Gasteiger partial charge in [-0.15, -0.1) is 0 Å². The first-order chi connectivity index (χ1) is 14.3. The smallest absolute Gasteiger partial charge is 0.167 e. The van der Waals surface area contributed by atoms with E-state index in [4.69, 9.17) is 16.2 Å². The zero-order valence-electron chi connectivity index (χ0n) is 17.9. The third-order valence-electron chi connectivity index (χ3n) is 5.41. The number of nitrogens with zero attached hydrogens (tertiary/aromatic N) is 4. The molecule has 0 spiro atoms. The molecule has 1 aliphatic carbocycles. The second-order valence-corrected chi connectivity index (χ2v) is 8.06. The Morgan fingerprint density at radius 1 is 1.33 bits per heavy atom. The summed E-state index contributed by atoms with van der Waals surface area (Å²) in [6.07, 6.45) is 5.19. The molecule has 1 aromatic carbocycles. The third kappa shape index (κ3) is 5.13. The van der Waals surface area contributed by atoms with Crippen LogP contribution in [-0.2, 0) is 0 Å². The highest BCUT2D eigenvalue weighted by molar-refractivity contribution is 5.74. The number of rotatable bonds is 8. The second-order valence-electron chi connectivity index (χ2n) is 8.06. The van der Waals surface area contributed by atoms with Crippen LogP contribution in [0.25, 0.3) is 0 Å². The monoisotopic (exact) mass is 422 g/mol. The SMILES string of the molecule is Cc1c(OC(C)C)c(F)cc(N)c1N(F)C/C=C(\N=C/N)N1CCN(C2CC2)CC1. The van der Waals surface area contributed by atoms with E-state index in [2.05, 4.69) is 14.8 Å². The molecule has 2 fully saturated rings. The molecule has 166 valence electrons. The fraction of sp³-hybridized carbons (Fsp3) is 0.571. The van der Waals surface area contributed by atoms with Crippen molar-refractivity contribution in [3.63, 3.8) is 0 Å². The minimum atomic E-state index is -0.603. The Morgan fingerprint density at radius 3 is 2.57 bits per heavy atom. The molecule has 1 heterocycles. The first-order valence-electron chi connectivity index (χ1n) is 10.4. The van der Waals surface area contributed by atoms with Gasteiger partial charge in [0.2, 0.25) is 0 Å². The van der Waals surface area contributed by atoms with Gasteiger partial charge in [0.25, 0.3) is 0 Å². The Morgan fingerprint density at radius 2 is 2.00 bits per heavy atom. The number of nitrogens with two attached hydrogens (primary N) is 2. The standard InChI is InChI=1S/C21H32F2N6O/c1-14(2)30-21-15(3)20(18(25)12-17(21)22)29(23)7-6-19(26-13-24)28-10-8-27(9-11-28)16-4-5-16/h6,12-14,16H,4-5,7-11,25H2,1-3H3,(H2,24,26)/b19-6+. The van der Waals surface area contributed by atoms with Crippen LogP contribution in [0.4, 0.5) is 20.2 Å². The quantitative estimate of drug-likeness (QED) is 0.290. The highest BCUT2D eigenvalue weighted by Gasteiger charge is 2.31. The molecule has 0 radical (unpaired) electrons. The topological polar surface area (TPSA) is 83.3 Å². The molecule has 7 nitrogen and oxygen atoms in total. The number of benzene rings is 1. The summed E-state index contributed by atoms with van der Waals surface area (Å²) in [5.74, 6) is 0.0261. The zero-order valence-corrected chi connectivity index (χ0v) is 17.9. The summed E-state index contributed by atoms with van der Waals surface area (Å²) < 4.78 is 34.9. The lowest BCUT2D eigenvalue weighted by molar-refractivity contribution is 0.151. The molecule has 4 N–H and O–H groups in total. The molecule has 1 saturated heterocycles. The van der Waals surface area contributed by atoms with E-state index in [9.17, 15) is 4.39 Å². The van der Waals surface area contributed by atoms with Crippen molar-refractivity contribution >= 4 is 17.7 Å². The van der Waals surface area contributed by atoms with E-state index in [0.29, 0.717) is 16.5 Å². The Bertz CT molecular complexity index is 801. The average Bonchev–Trinajstić information content (AvgIpc) is 3.53. The van der Waals surface area contributed by atoms with Crippen molar-refractivity contribution in [2.24, 2.45) is 10.7 Å². The molecule has 9 heteroatoms. The first-order valence-corrected chi connectivity index (χ1v) is 10.4. The third-order valence-corrected chi connectivity index (χ3v) is 5.41. The van der Waals surface area contributed by atoms with Gasteiger partial charge in [-0.1, -0.05) is 4.48 Å². The van der Waals surface area contributed by atoms with E-state index < -0.39 is 5.82 Å². The van der Waals surface area contributed by atoms with Crippen LogP contribution in [0.2, 0.25) is 0 Å². The number of anilines is 2. The number of halogens is 2. The molecule has 1 saturated carbocycles. The van der Waals surface area contributed by atoms with Gasteiger partial charge in [-0.2, -0.15) is 0 Å². The minimum absolute atomic E-state index is 0.0113. The van der Waals surface area contributed by atoms with Gasteiger partial charge < -0.3 is 21.1 Å². The van der Waals surface area contributed by atoms with Gasteiger partial charge in [0.15, 0.2) is 11.6 Å². The number of aliphatic imine (C=N–C) groups is 1. The largest absolute Gasteiger partial charge is 0.488 e. The molecule has 0 amide bonds. The van der Waals surface area contributed by atoms with Crippen LogP contribution in [0.5, 0.6) is 5.75 Å². The summed E-state index contributed by atoms with van der Waals surface area (Å²) in [5.41, 5.74) is 11.9. The predicted molar refractivity (Wildman–Crippen MR) is 117 cm³/mol. The Hall–Kier alpha value is -2.55. The van der Waals surface area contributed by atoms with E-state index in [1.54, 1.807) is 26.8 Å². The van der Waals surface area contributed by atoms with Gasteiger partial charge in [-0.05, 0) is 39.7 Å². The summed E-state index contributed by atoms with van der Waals surface area (Å²) in [6.45, 7) is 8.61. The van der Waals surface area contributed by atoms with Crippen molar-refractivity contribution in [3.8, 4) is 5.75 Å². The Kier molecular flexibility index (Phi) is 7.02. The molecule has 3 rings (SSSR count). The number of ether oxygens (including phenoxy) is 1. The van der Waals surface area contributed by atoms with Crippen molar-refractivity contribution < 1.29 is 13.6 Å². The highest BCUT2D eigenvalue weighted by atomic mass is 19.2. The normalized spacial score (nSPS) is 18.5. The van der Waals surface area contributed by atoms with Gasteiger partial charge in [0, 0.05) is 43.9 Å². The summed E-state index contributed by atoms with van der Waals surface area (Å²) in [7, 11) is 0. The zero-order chi connectivity index (χ0) is 21.8. The molecule has 0 atom stereocenters. The first kappa shape index (κ1) is 22.1. The minimum Gasteiger partial charge on any atom is -0.488 e. The van der Waals surface area contributed by atoms with Crippen molar-refractivity contribution in [2.75, 3.05) is 43.6 Å². The lowest BCUT2D eigenvalue weighted by atomic mass is 10.1. The number of hydrogen-bond donors (Lipinski definition) is 2. The summed E-state index contributed by atoms with van der Waals surface area (Å²) in [4.78, 5) is 8.81. The van der Waals surface area contributed by atoms with Gasteiger partial charge in [-0.25, -0.2) is 14.5 Å². The van der Waals surface area contributed by atoms with Gasteiger partial charge in [-0.3, -0.25) is 4.90 Å². The van der Waals surface area contributed by atoms with Crippen LogP contribution in [0.1, 0.15) is 32.3 Å². The summed E-state index contributed by atoms with van der Waals surface area (Å²) in [6, 6.07) is 1.82. The Balaban J connectivity index is 1.74. The second kappa shape index (κ2) is 9.51. The molecule has 1 aromatic rings. The van der Waals surface area contributed by atoms with Crippen molar-refractivity contribution in [1.82, 2.24) is 9.80 Å². The fourth-order valence-corrected chi connectivity index (χ4v) is 3.82. The van der Waals surface area contributed by atoms with Crippen LogP contribution < -0.4 is 21.3 Å². The summed E-state index contributed by atoms with van der Waals surface area (Å²) in [5, 5.41) is 0.490. The maximum Gasteiger partial charge on any atom is 0.167 e. The van der Waals surface area contributed by atoms with Crippen molar-refractivity contribution in [3.05, 3.63) is 29.3 Å². The van der Waals surface area contributed by atoms with E-state index >= 15 is 4.48 Å². The highest BCUT2D eigenvalue weighted by Crippen LogP contribution is 2.37. The molecule has 30 heavy (non-hydrogen) atoms. The molecular weight excluding hydrogens is 390 g/mol. The van der Waals surface area contributed by atoms with E-state index in [-0.39, 0.29) is 29.8 Å². The molecule has 0 unspecified atom stereocenters. The molecular formula is C21H32F2N6O. The van der Waals surface area contributed by atoms with Crippen LogP contribution in [0.15, 0.2) is 23.0 Å². The maximum atomic E-state index is 15.1. The average molecular weight is 423 g/mol. The van der Waals surface area contributed by atoms with Gasteiger partial charge >= 0.3 is 0 Å². The van der Waals surface area contributed by atoms with E-state index in [0.717, 1.165) is 38.3 Å². The van der Waals surface area contributed by atoms with Crippen LogP contribution >= 0.6 is 0 Å². The molecule has 2 aliphatic rings. The van der Waals surface area contributed by atoms with Gasteiger partial charge in [0.1, 0.15) is 5.82 Å². The number of hydrogen-bond acceptors (Lipinski definition) is 6. The van der Waals surface area contributed by atoms with Crippen LogP contribution in [0, 0.1) is 12.7 Å². The summed E-state index contributed by atoms with van der Waals surface area (Å²) >= 11 is 0. The molecule has 1 aliphatic heterocycles.